The van der Waals surface area contributed by atoms with Gasteiger partial charge in [-0.2, -0.15) is 13.2 Å². The number of rotatable bonds is 4. The van der Waals surface area contributed by atoms with Crippen molar-refractivity contribution in [3.63, 3.8) is 0 Å². The van der Waals surface area contributed by atoms with Gasteiger partial charge in [0.1, 0.15) is 19.1 Å². The number of benzene rings is 2. The second-order valence-electron chi connectivity index (χ2n) is 7.56. The van der Waals surface area contributed by atoms with Crippen LogP contribution in [0.3, 0.4) is 0 Å². The molecule has 0 spiro atoms. The zero-order valence-corrected chi connectivity index (χ0v) is 16.5. The van der Waals surface area contributed by atoms with Crippen LogP contribution >= 0.6 is 0 Å². The van der Waals surface area contributed by atoms with E-state index in [2.05, 4.69) is 15.6 Å². The summed E-state index contributed by atoms with van der Waals surface area (Å²) in [5, 5.41) is 6.78. The summed E-state index contributed by atoms with van der Waals surface area (Å²) >= 11 is 0. The molecule has 10 heteroatoms. The molecule has 1 aliphatic heterocycles. The highest BCUT2D eigenvalue weighted by Crippen LogP contribution is 2.43. The number of nitrogens with zero attached hydrogens (tertiary/aromatic N) is 1. The number of fused-ring (bicyclic) bond motifs is 2. The normalized spacial score (nSPS) is 17.3. The van der Waals surface area contributed by atoms with Gasteiger partial charge in [-0.25, -0.2) is 13.6 Å². The first-order valence-corrected chi connectivity index (χ1v) is 9.67. The molecule has 1 aromatic heterocycles. The molecule has 0 aliphatic carbocycles. The molecule has 0 saturated carbocycles. The fraction of sp³-hybridized carbons (Fsp3) is 0.273. The molecule has 0 fully saturated rings. The third-order valence-corrected chi connectivity index (χ3v) is 5.34. The van der Waals surface area contributed by atoms with Crippen molar-refractivity contribution in [2.75, 3.05) is 18.7 Å². The van der Waals surface area contributed by atoms with E-state index in [4.69, 9.17) is 4.74 Å². The van der Waals surface area contributed by atoms with Gasteiger partial charge in [0.15, 0.2) is 5.60 Å². The summed E-state index contributed by atoms with van der Waals surface area (Å²) in [6.45, 7) is -2.54. The van der Waals surface area contributed by atoms with E-state index in [9.17, 15) is 26.7 Å². The molecule has 1 aliphatic rings. The molecule has 0 bridgehead atoms. The topological polar surface area (TPSA) is 63.2 Å². The number of hydrogen-bond acceptors (Lipinski definition) is 3. The van der Waals surface area contributed by atoms with E-state index in [1.165, 1.54) is 0 Å². The number of aromatic nitrogens is 1. The molecule has 2 heterocycles. The molecular weight excluding hydrogens is 433 g/mol. The largest absolute Gasteiger partial charge is 0.481 e. The van der Waals surface area contributed by atoms with E-state index < -0.39 is 42.8 Å². The van der Waals surface area contributed by atoms with E-state index in [1.54, 1.807) is 30.6 Å². The van der Waals surface area contributed by atoms with E-state index in [0.29, 0.717) is 17.1 Å². The smallest absolute Gasteiger partial charge is 0.416 e. The molecule has 0 saturated heterocycles. The molecule has 3 aromatic rings. The highest BCUT2D eigenvalue weighted by atomic mass is 19.4. The maximum atomic E-state index is 13.7. The Morgan fingerprint density at radius 2 is 1.94 bits per heavy atom. The number of carbonyl (C=O) groups is 1. The van der Waals surface area contributed by atoms with Gasteiger partial charge in [-0.05, 0) is 29.7 Å². The van der Waals surface area contributed by atoms with Crippen molar-refractivity contribution in [3.05, 3.63) is 66.0 Å². The first kappa shape index (κ1) is 21.8. The van der Waals surface area contributed by atoms with Crippen LogP contribution in [0.1, 0.15) is 23.6 Å². The summed E-state index contributed by atoms with van der Waals surface area (Å²) in [5.74, 6) is -0.318. The van der Waals surface area contributed by atoms with Crippen molar-refractivity contribution >= 4 is 22.5 Å². The maximum absolute atomic E-state index is 13.7. The SMILES string of the molecule is O=C(Nc1cccc2ccncc12)N[C@@H]1CC(CF)(CF)Oc2cc(C(F)(F)F)ccc21. The number of alkyl halides is 5. The fourth-order valence-electron chi connectivity index (χ4n) is 3.71. The predicted molar refractivity (Wildman–Crippen MR) is 108 cm³/mol. The highest BCUT2D eigenvalue weighted by molar-refractivity contribution is 6.01. The lowest BCUT2D eigenvalue weighted by molar-refractivity contribution is -0.137. The van der Waals surface area contributed by atoms with Crippen LogP contribution in [-0.4, -0.2) is 30.0 Å². The van der Waals surface area contributed by atoms with Crippen molar-refractivity contribution < 1.29 is 31.5 Å². The van der Waals surface area contributed by atoms with Crippen LogP contribution in [0.25, 0.3) is 10.8 Å². The van der Waals surface area contributed by atoms with Crippen molar-refractivity contribution in [2.24, 2.45) is 0 Å². The summed E-state index contributed by atoms with van der Waals surface area (Å²) in [7, 11) is 0. The Morgan fingerprint density at radius 1 is 1.16 bits per heavy atom. The number of halogens is 5. The van der Waals surface area contributed by atoms with Crippen LogP contribution in [0.4, 0.5) is 32.4 Å². The van der Waals surface area contributed by atoms with Gasteiger partial charge in [0, 0.05) is 29.8 Å². The zero-order chi connectivity index (χ0) is 22.9. The monoisotopic (exact) mass is 451 g/mol. The Hall–Kier alpha value is -3.43. The Labute approximate surface area is 179 Å². The first-order chi connectivity index (χ1) is 15.2. The minimum atomic E-state index is -4.66. The number of nitrogens with one attached hydrogen (secondary N) is 2. The molecule has 2 amide bonds. The number of urea groups is 1. The molecule has 4 rings (SSSR count). The lowest BCUT2D eigenvalue weighted by Gasteiger charge is -2.39. The van der Waals surface area contributed by atoms with Crippen LogP contribution in [-0.2, 0) is 6.18 Å². The number of ether oxygens (including phenoxy) is 1. The van der Waals surface area contributed by atoms with Crippen molar-refractivity contribution in [1.29, 1.82) is 0 Å². The van der Waals surface area contributed by atoms with Crippen molar-refractivity contribution in [2.45, 2.75) is 24.2 Å². The van der Waals surface area contributed by atoms with Crippen LogP contribution in [0.2, 0.25) is 0 Å². The van der Waals surface area contributed by atoms with Gasteiger partial charge in [-0.1, -0.05) is 18.2 Å². The van der Waals surface area contributed by atoms with Gasteiger partial charge in [-0.3, -0.25) is 4.98 Å². The highest BCUT2D eigenvalue weighted by Gasteiger charge is 2.43. The van der Waals surface area contributed by atoms with Gasteiger partial charge in [0.25, 0.3) is 0 Å². The van der Waals surface area contributed by atoms with Gasteiger partial charge >= 0.3 is 12.2 Å². The second-order valence-corrected chi connectivity index (χ2v) is 7.56. The van der Waals surface area contributed by atoms with Crippen LogP contribution in [0.5, 0.6) is 5.75 Å². The summed E-state index contributed by atoms with van der Waals surface area (Å²) in [4.78, 5) is 16.7. The molecule has 5 nitrogen and oxygen atoms in total. The number of anilines is 1. The van der Waals surface area contributed by atoms with E-state index in [1.807, 2.05) is 6.07 Å². The standard InChI is InChI=1S/C22H18F5N3O2/c23-11-21(12-24)9-18(15-5-4-14(22(25,26)27)8-19(15)32-21)30-20(31)29-17-3-1-2-13-6-7-28-10-16(13)17/h1-8,10,18H,9,11-12H2,(H2,29,30,31)/t18-/m1/s1. The number of amides is 2. The van der Waals surface area contributed by atoms with Crippen LogP contribution in [0, 0.1) is 0 Å². The minimum Gasteiger partial charge on any atom is -0.481 e. The molecule has 2 N–H and O–H groups in total. The molecule has 168 valence electrons. The first-order valence-electron chi connectivity index (χ1n) is 9.67. The fourth-order valence-corrected chi connectivity index (χ4v) is 3.71. The third-order valence-electron chi connectivity index (χ3n) is 5.34. The van der Waals surface area contributed by atoms with Gasteiger partial charge < -0.3 is 15.4 Å². The van der Waals surface area contributed by atoms with Crippen LogP contribution < -0.4 is 15.4 Å². The third kappa shape index (κ3) is 4.17. The minimum absolute atomic E-state index is 0.199. The Kier molecular flexibility index (Phi) is 5.62. The van der Waals surface area contributed by atoms with E-state index in [0.717, 1.165) is 17.5 Å². The molecule has 32 heavy (non-hydrogen) atoms. The zero-order valence-electron chi connectivity index (χ0n) is 16.5. The average Bonchev–Trinajstić information content (AvgIpc) is 2.78. The summed E-state index contributed by atoms with van der Waals surface area (Å²) in [6.07, 6.45) is -1.77. The predicted octanol–water partition coefficient (Wildman–Crippen LogP) is 5.58. The Morgan fingerprint density at radius 3 is 2.66 bits per heavy atom. The molecule has 2 aromatic carbocycles. The Balaban J connectivity index is 1.63. The number of carbonyl (C=O) groups excluding carboxylic acids is 1. The molecule has 1 atom stereocenters. The van der Waals surface area contributed by atoms with Crippen molar-refractivity contribution in [1.82, 2.24) is 10.3 Å². The maximum Gasteiger partial charge on any atom is 0.416 e. The molecule has 0 unspecified atom stereocenters. The quantitative estimate of drug-likeness (QED) is 0.510. The number of hydrogen-bond donors (Lipinski definition) is 2. The van der Waals surface area contributed by atoms with E-state index in [-0.39, 0.29) is 17.7 Å². The molecular formula is C22H18F5N3O2. The second kappa shape index (κ2) is 8.25. The van der Waals surface area contributed by atoms with E-state index >= 15 is 0 Å². The van der Waals surface area contributed by atoms with Gasteiger partial charge in [-0.15, -0.1) is 0 Å². The van der Waals surface area contributed by atoms with Gasteiger partial charge in [0.2, 0.25) is 0 Å². The molecule has 0 radical (unpaired) electrons. The lowest BCUT2D eigenvalue weighted by atomic mass is 9.88. The Bertz CT molecular complexity index is 1140. The number of pyridine rings is 1. The summed E-state index contributed by atoms with van der Waals surface area (Å²) in [5.41, 5.74) is -2.35. The van der Waals surface area contributed by atoms with Crippen LogP contribution in [0.15, 0.2) is 54.9 Å². The van der Waals surface area contributed by atoms with Gasteiger partial charge in [0.05, 0.1) is 17.3 Å². The lowest BCUT2D eigenvalue weighted by Crippen LogP contribution is -2.49. The summed E-state index contributed by atoms with van der Waals surface area (Å²) in [6, 6.07) is 8.01. The summed E-state index contributed by atoms with van der Waals surface area (Å²) < 4.78 is 72.0. The van der Waals surface area contributed by atoms with Crippen molar-refractivity contribution in [3.8, 4) is 5.75 Å². The average molecular weight is 451 g/mol.